The second kappa shape index (κ2) is 8.78. The van der Waals surface area contributed by atoms with E-state index in [1.54, 1.807) is 18.2 Å². The Morgan fingerprint density at radius 3 is 2.67 bits per heavy atom. The maximum absolute atomic E-state index is 12.5. The van der Waals surface area contributed by atoms with Gasteiger partial charge in [0.15, 0.2) is 16.4 Å². The molecule has 0 saturated carbocycles. The van der Waals surface area contributed by atoms with E-state index in [0.717, 1.165) is 20.3 Å². The Morgan fingerprint density at radius 2 is 1.93 bits per heavy atom. The molecule has 7 nitrogen and oxygen atoms in total. The highest BCUT2D eigenvalue weighted by Crippen LogP contribution is 2.34. The topological polar surface area (TPSA) is 93.2 Å². The number of nitrogens with one attached hydrogen (secondary N) is 2. The van der Waals surface area contributed by atoms with Gasteiger partial charge in [-0.05, 0) is 37.3 Å². The van der Waals surface area contributed by atoms with Crippen molar-refractivity contribution in [3.63, 3.8) is 0 Å². The third kappa shape index (κ3) is 4.59. The number of para-hydroxylation sites is 1. The van der Waals surface area contributed by atoms with Gasteiger partial charge < -0.3 is 15.4 Å². The number of halogens is 1. The molecular formula is C20H15ClN4O3S2. The van der Waals surface area contributed by atoms with Gasteiger partial charge in [-0.25, -0.2) is 14.8 Å². The van der Waals surface area contributed by atoms with E-state index < -0.39 is 18.0 Å². The number of ether oxygens (including phenoxy) is 1. The van der Waals surface area contributed by atoms with Crippen molar-refractivity contribution in [3.05, 3.63) is 64.8 Å². The van der Waals surface area contributed by atoms with Crippen molar-refractivity contribution >= 4 is 72.2 Å². The van der Waals surface area contributed by atoms with Crippen LogP contribution in [0.25, 0.3) is 9.53 Å². The fourth-order valence-electron chi connectivity index (χ4n) is 2.52. The Hall–Kier alpha value is -3.01. The summed E-state index contributed by atoms with van der Waals surface area (Å²) in [6, 6.07) is 14.7. The predicted molar refractivity (Wildman–Crippen MR) is 120 cm³/mol. The quantitative estimate of drug-likeness (QED) is 0.299. The molecule has 30 heavy (non-hydrogen) atoms. The average molecular weight is 459 g/mol. The van der Waals surface area contributed by atoms with E-state index in [1.165, 1.54) is 35.8 Å². The lowest BCUT2D eigenvalue weighted by Crippen LogP contribution is -2.29. The molecule has 1 amide bonds. The van der Waals surface area contributed by atoms with Crippen LogP contribution in [0, 0.1) is 0 Å². The second-order valence-electron chi connectivity index (χ2n) is 6.17. The molecule has 10 heteroatoms. The van der Waals surface area contributed by atoms with Crippen LogP contribution in [0.2, 0.25) is 5.15 Å². The first-order chi connectivity index (χ1) is 14.5. The normalized spacial score (nSPS) is 11.8. The Bertz CT molecular complexity index is 1180. The third-order valence-electron chi connectivity index (χ3n) is 3.99. The molecule has 2 N–H and O–H groups in total. The molecule has 152 valence electrons. The molecule has 1 atom stereocenters. The molecule has 0 unspecified atom stereocenters. The number of rotatable bonds is 6. The first kappa shape index (κ1) is 20.3. The van der Waals surface area contributed by atoms with Gasteiger partial charge in [-0.2, -0.15) is 0 Å². The number of hydrogen-bond donors (Lipinski definition) is 2. The van der Waals surface area contributed by atoms with E-state index in [0.29, 0.717) is 10.6 Å². The van der Waals surface area contributed by atoms with Crippen molar-refractivity contribution in [3.8, 4) is 0 Å². The van der Waals surface area contributed by atoms with E-state index in [-0.39, 0.29) is 5.15 Å². The zero-order valence-corrected chi connectivity index (χ0v) is 18.0. The number of hydrogen-bond acceptors (Lipinski definition) is 8. The van der Waals surface area contributed by atoms with Crippen LogP contribution in [0.15, 0.2) is 54.7 Å². The number of carbonyl (C=O) groups excluding carboxylic acids is 2. The maximum Gasteiger partial charge on any atom is 0.349 e. The van der Waals surface area contributed by atoms with Gasteiger partial charge in [0.2, 0.25) is 0 Å². The number of aromatic nitrogens is 2. The molecule has 0 aliphatic heterocycles. The van der Waals surface area contributed by atoms with Crippen LogP contribution in [0.5, 0.6) is 0 Å². The summed E-state index contributed by atoms with van der Waals surface area (Å²) in [5.74, 6) is -1.08. The van der Waals surface area contributed by atoms with E-state index in [9.17, 15) is 9.59 Å². The number of pyridine rings is 1. The minimum absolute atomic E-state index is 0.161. The summed E-state index contributed by atoms with van der Waals surface area (Å²) in [6.45, 7) is 1.49. The van der Waals surface area contributed by atoms with Gasteiger partial charge in [-0.1, -0.05) is 41.1 Å². The molecule has 0 saturated heterocycles. The van der Waals surface area contributed by atoms with E-state index in [4.69, 9.17) is 16.3 Å². The Morgan fingerprint density at radius 1 is 1.13 bits per heavy atom. The summed E-state index contributed by atoms with van der Waals surface area (Å²) in [7, 11) is 0. The number of amides is 1. The number of benzene rings is 1. The van der Waals surface area contributed by atoms with Gasteiger partial charge >= 0.3 is 5.97 Å². The van der Waals surface area contributed by atoms with Crippen molar-refractivity contribution < 1.29 is 14.3 Å². The molecule has 0 radical (unpaired) electrons. The molecule has 4 rings (SSSR count). The van der Waals surface area contributed by atoms with Crippen molar-refractivity contribution in [1.29, 1.82) is 0 Å². The molecule has 0 spiro atoms. The number of nitrogens with zero attached hydrogens (tertiary/aromatic N) is 2. The van der Waals surface area contributed by atoms with Crippen molar-refractivity contribution in [1.82, 2.24) is 9.97 Å². The number of fused-ring (bicyclic) bond motifs is 1. The number of anilines is 3. The number of esters is 1. The number of carbonyl (C=O) groups is 2. The molecule has 1 aromatic carbocycles. The molecule has 4 aromatic rings. The molecule has 0 aliphatic rings. The summed E-state index contributed by atoms with van der Waals surface area (Å²) in [5.41, 5.74) is 1.29. The van der Waals surface area contributed by atoms with Crippen molar-refractivity contribution in [2.45, 2.75) is 13.0 Å². The fourth-order valence-corrected chi connectivity index (χ4v) is 4.71. The molecule has 3 aromatic heterocycles. The lowest BCUT2D eigenvalue weighted by molar-refractivity contribution is -0.123. The Kier molecular flexibility index (Phi) is 5.93. The molecule has 0 bridgehead atoms. The second-order valence-corrected chi connectivity index (χ2v) is 8.59. The first-order valence-electron chi connectivity index (χ1n) is 8.84. The van der Waals surface area contributed by atoms with Crippen LogP contribution in [0.1, 0.15) is 16.6 Å². The number of thiophene rings is 1. The van der Waals surface area contributed by atoms with Crippen molar-refractivity contribution in [2.75, 3.05) is 10.6 Å². The van der Waals surface area contributed by atoms with Gasteiger partial charge in [0, 0.05) is 11.9 Å². The Labute approximate surface area is 184 Å². The van der Waals surface area contributed by atoms with Crippen LogP contribution < -0.4 is 10.6 Å². The van der Waals surface area contributed by atoms with E-state index in [2.05, 4.69) is 20.6 Å². The first-order valence-corrected chi connectivity index (χ1v) is 10.9. The van der Waals surface area contributed by atoms with Crippen molar-refractivity contribution in [2.24, 2.45) is 0 Å². The van der Waals surface area contributed by atoms with Crippen LogP contribution in [0.3, 0.4) is 0 Å². The van der Waals surface area contributed by atoms with Gasteiger partial charge in [0.05, 0.1) is 10.4 Å². The van der Waals surface area contributed by atoms with E-state index >= 15 is 0 Å². The van der Waals surface area contributed by atoms with Crippen LogP contribution in [0.4, 0.5) is 16.5 Å². The smallest absolute Gasteiger partial charge is 0.349 e. The lowest BCUT2D eigenvalue weighted by atomic mass is 10.3. The molecule has 0 aliphatic carbocycles. The highest BCUT2D eigenvalue weighted by Gasteiger charge is 2.22. The highest BCUT2D eigenvalue weighted by atomic mass is 35.5. The maximum atomic E-state index is 12.5. The monoisotopic (exact) mass is 458 g/mol. The summed E-state index contributed by atoms with van der Waals surface area (Å²) >= 11 is 8.59. The zero-order valence-electron chi connectivity index (χ0n) is 15.6. The zero-order chi connectivity index (χ0) is 21.1. The summed E-state index contributed by atoms with van der Waals surface area (Å²) in [6.07, 6.45) is 0.510. The molecule has 0 fully saturated rings. The van der Waals surface area contributed by atoms with Gasteiger partial charge in [-0.15, -0.1) is 11.3 Å². The summed E-state index contributed by atoms with van der Waals surface area (Å²) < 4.78 is 6.16. The minimum Gasteiger partial charge on any atom is -0.448 e. The van der Waals surface area contributed by atoms with Gasteiger partial charge in [0.25, 0.3) is 5.91 Å². The lowest BCUT2D eigenvalue weighted by Gasteiger charge is -2.13. The summed E-state index contributed by atoms with van der Waals surface area (Å²) in [5, 5.41) is 6.73. The molecule has 3 heterocycles. The van der Waals surface area contributed by atoms with Gasteiger partial charge in [0.1, 0.15) is 9.71 Å². The highest BCUT2D eigenvalue weighted by molar-refractivity contribution is 7.29. The van der Waals surface area contributed by atoms with Crippen LogP contribution in [-0.2, 0) is 9.53 Å². The average Bonchev–Trinajstić information content (AvgIpc) is 3.29. The third-order valence-corrected chi connectivity index (χ3v) is 6.34. The van der Waals surface area contributed by atoms with E-state index in [1.807, 2.05) is 30.3 Å². The van der Waals surface area contributed by atoms with Crippen LogP contribution >= 0.6 is 34.3 Å². The SMILES string of the molecule is C[C@@H](OC(=O)c1cc2sc(Nc3ccccc3)nc2s1)C(=O)Nc1cccnc1Cl. The Balaban J connectivity index is 1.39. The largest absolute Gasteiger partial charge is 0.448 e. The number of thiazole rings is 1. The van der Waals surface area contributed by atoms with Gasteiger partial charge in [-0.3, -0.25) is 4.79 Å². The standard InChI is InChI=1S/C20H15ClN4O3S2/c1-11(17(26)24-13-8-5-9-22-16(13)21)28-19(27)15-10-14-18(29-15)25-20(30-14)23-12-6-3-2-4-7-12/h2-11H,1H3,(H,23,25)(H,24,26)/t11-/m1/s1. The summed E-state index contributed by atoms with van der Waals surface area (Å²) in [4.78, 5) is 34.2. The molecular weight excluding hydrogens is 444 g/mol. The van der Waals surface area contributed by atoms with Crippen LogP contribution in [-0.4, -0.2) is 27.9 Å². The fraction of sp³-hybridized carbons (Fsp3) is 0.100. The minimum atomic E-state index is -1.00. The predicted octanol–water partition coefficient (Wildman–Crippen LogP) is 5.33.